The van der Waals surface area contributed by atoms with Gasteiger partial charge in [0.1, 0.15) is 18.5 Å². The number of aliphatic hydroxyl groups excluding tert-OH is 1. The summed E-state index contributed by atoms with van der Waals surface area (Å²) < 4.78 is 29.8. The van der Waals surface area contributed by atoms with Crippen LogP contribution in [0.25, 0.3) is 0 Å². The average Bonchev–Trinajstić information content (AvgIpc) is 3.06. The fourth-order valence-electron chi connectivity index (χ4n) is 3.80. The van der Waals surface area contributed by atoms with Gasteiger partial charge in [0.2, 0.25) is 0 Å². The van der Waals surface area contributed by atoms with Crippen molar-refractivity contribution in [2.75, 3.05) is 24.7 Å². The number of sulfone groups is 1. The molecule has 3 rings (SSSR count). The Balaban J connectivity index is 1.66. The summed E-state index contributed by atoms with van der Waals surface area (Å²) >= 11 is 5.89. The number of ether oxygens (including phenoxy) is 1. The molecule has 0 aliphatic carbocycles. The Morgan fingerprint density at radius 2 is 1.77 bits per heavy atom. The molecular weight excluding hydrogens is 434 g/mol. The Labute approximate surface area is 190 Å². The molecule has 170 valence electrons. The molecule has 0 saturated carbocycles. The van der Waals surface area contributed by atoms with Crippen molar-refractivity contribution in [2.45, 2.75) is 51.3 Å². The molecule has 0 bridgehead atoms. The molecule has 2 aromatic rings. The van der Waals surface area contributed by atoms with E-state index < -0.39 is 15.9 Å². The van der Waals surface area contributed by atoms with E-state index in [1.54, 1.807) is 24.3 Å². The van der Waals surface area contributed by atoms with E-state index in [-0.39, 0.29) is 29.6 Å². The molecule has 1 heterocycles. The molecule has 1 N–H and O–H groups in total. The Hall–Kier alpha value is -1.60. The number of benzene rings is 2. The second-order valence-corrected chi connectivity index (χ2v) is 12.0. The third-order valence-electron chi connectivity index (χ3n) is 5.63. The number of hydrogen-bond acceptors (Lipinski definition) is 5. The number of hydrogen-bond donors (Lipinski definition) is 1. The molecule has 0 amide bonds. The third-order valence-corrected chi connectivity index (χ3v) is 7.63. The Bertz CT molecular complexity index is 953. The van der Waals surface area contributed by atoms with E-state index >= 15 is 0 Å². The van der Waals surface area contributed by atoms with Crippen molar-refractivity contribution in [2.24, 2.45) is 0 Å². The van der Waals surface area contributed by atoms with Gasteiger partial charge in [-0.15, -0.1) is 0 Å². The topological polar surface area (TPSA) is 66.8 Å². The highest BCUT2D eigenvalue weighted by molar-refractivity contribution is 7.91. The van der Waals surface area contributed by atoms with Crippen LogP contribution in [0.2, 0.25) is 5.02 Å². The van der Waals surface area contributed by atoms with Gasteiger partial charge in [-0.3, -0.25) is 4.90 Å². The molecule has 2 aromatic carbocycles. The van der Waals surface area contributed by atoms with Gasteiger partial charge in [0.05, 0.1) is 11.5 Å². The molecule has 5 nitrogen and oxygen atoms in total. The first-order valence-corrected chi connectivity index (χ1v) is 12.8. The van der Waals surface area contributed by atoms with Crippen LogP contribution in [0.1, 0.15) is 38.3 Å². The van der Waals surface area contributed by atoms with Gasteiger partial charge in [-0.05, 0) is 47.2 Å². The van der Waals surface area contributed by atoms with E-state index in [4.69, 9.17) is 16.3 Å². The standard InChI is InChI=1S/C24H32ClNO4S/c1-24(2,3)19-6-4-18(5-7-19)14-26(21-12-13-31(28,29)17-21)15-22(27)16-30-23-10-8-20(25)9-11-23/h4-11,21-22,27H,12-17H2,1-3H3/t21-,22+/m0/s1. The van der Waals surface area contributed by atoms with E-state index in [0.717, 1.165) is 5.56 Å². The third kappa shape index (κ3) is 7.21. The summed E-state index contributed by atoms with van der Waals surface area (Å²) in [5.41, 5.74) is 2.43. The largest absolute Gasteiger partial charge is 0.491 e. The van der Waals surface area contributed by atoms with Crippen LogP contribution in [0.15, 0.2) is 48.5 Å². The first-order valence-electron chi connectivity index (χ1n) is 10.6. The summed E-state index contributed by atoms with van der Waals surface area (Å²) in [5, 5.41) is 11.2. The van der Waals surface area contributed by atoms with E-state index in [9.17, 15) is 13.5 Å². The lowest BCUT2D eigenvalue weighted by Crippen LogP contribution is -2.42. The van der Waals surface area contributed by atoms with Crippen molar-refractivity contribution >= 4 is 21.4 Å². The average molecular weight is 466 g/mol. The van der Waals surface area contributed by atoms with Crippen LogP contribution < -0.4 is 4.74 Å². The number of halogens is 1. The highest BCUT2D eigenvalue weighted by Crippen LogP contribution is 2.24. The van der Waals surface area contributed by atoms with Crippen molar-refractivity contribution < 1.29 is 18.3 Å². The summed E-state index contributed by atoms with van der Waals surface area (Å²) in [4.78, 5) is 2.08. The highest BCUT2D eigenvalue weighted by Gasteiger charge is 2.33. The van der Waals surface area contributed by atoms with Crippen LogP contribution in [-0.2, 0) is 21.8 Å². The quantitative estimate of drug-likeness (QED) is 0.636. The van der Waals surface area contributed by atoms with Gasteiger partial charge in [0.25, 0.3) is 0 Å². The Kier molecular flexibility index (Phi) is 7.68. The number of aliphatic hydroxyl groups is 1. The van der Waals surface area contributed by atoms with Crippen molar-refractivity contribution in [3.8, 4) is 5.75 Å². The van der Waals surface area contributed by atoms with Crippen LogP contribution in [0.5, 0.6) is 5.75 Å². The van der Waals surface area contributed by atoms with Gasteiger partial charge >= 0.3 is 0 Å². The minimum absolute atomic E-state index is 0.0763. The predicted octanol–water partition coefficient (Wildman–Crippen LogP) is 4.07. The lowest BCUT2D eigenvalue weighted by atomic mass is 9.86. The fourth-order valence-corrected chi connectivity index (χ4v) is 5.68. The normalized spacial score (nSPS) is 19.5. The maximum absolute atomic E-state index is 12.1. The summed E-state index contributed by atoms with van der Waals surface area (Å²) in [6.07, 6.45) is -0.152. The molecule has 1 fully saturated rings. The van der Waals surface area contributed by atoms with E-state index in [1.165, 1.54) is 5.56 Å². The second kappa shape index (κ2) is 9.90. The Morgan fingerprint density at radius 3 is 2.32 bits per heavy atom. The van der Waals surface area contributed by atoms with Crippen LogP contribution >= 0.6 is 11.6 Å². The molecule has 0 unspecified atom stereocenters. The predicted molar refractivity (Wildman–Crippen MR) is 126 cm³/mol. The van der Waals surface area contributed by atoms with Crippen LogP contribution in [0.3, 0.4) is 0 Å². The second-order valence-electron chi connectivity index (χ2n) is 9.35. The smallest absolute Gasteiger partial charge is 0.151 e. The zero-order valence-electron chi connectivity index (χ0n) is 18.4. The molecule has 1 aliphatic heterocycles. The summed E-state index contributed by atoms with van der Waals surface area (Å²) in [7, 11) is -3.02. The minimum Gasteiger partial charge on any atom is -0.491 e. The van der Waals surface area contributed by atoms with E-state index in [0.29, 0.717) is 30.3 Å². The molecule has 7 heteroatoms. The molecule has 0 aromatic heterocycles. The zero-order valence-corrected chi connectivity index (χ0v) is 20.0. The van der Waals surface area contributed by atoms with Crippen LogP contribution in [-0.4, -0.2) is 55.2 Å². The van der Waals surface area contributed by atoms with Crippen molar-refractivity contribution in [1.82, 2.24) is 4.90 Å². The van der Waals surface area contributed by atoms with Crippen molar-refractivity contribution in [3.63, 3.8) is 0 Å². The molecule has 2 atom stereocenters. The van der Waals surface area contributed by atoms with Crippen LogP contribution in [0, 0.1) is 0 Å². The van der Waals surface area contributed by atoms with Crippen LogP contribution in [0.4, 0.5) is 0 Å². The Morgan fingerprint density at radius 1 is 1.13 bits per heavy atom. The monoisotopic (exact) mass is 465 g/mol. The molecule has 31 heavy (non-hydrogen) atoms. The zero-order chi connectivity index (χ0) is 22.6. The SMILES string of the molecule is CC(C)(C)c1ccc(CN(C[C@@H](O)COc2ccc(Cl)cc2)[C@H]2CCS(=O)(=O)C2)cc1. The number of rotatable bonds is 8. The first kappa shape index (κ1) is 24.1. The van der Waals surface area contributed by atoms with Gasteiger partial charge in [-0.25, -0.2) is 8.42 Å². The lowest BCUT2D eigenvalue weighted by Gasteiger charge is -2.30. The summed E-state index contributed by atoms with van der Waals surface area (Å²) in [5.74, 6) is 0.975. The van der Waals surface area contributed by atoms with E-state index in [2.05, 4.69) is 49.9 Å². The maximum atomic E-state index is 12.1. The lowest BCUT2D eigenvalue weighted by molar-refractivity contribution is 0.0525. The van der Waals surface area contributed by atoms with Gasteiger partial charge in [0.15, 0.2) is 9.84 Å². The summed E-state index contributed by atoms with van der Waals surface area (Å²) in [6.45, 7) is 7.58. The van der Waals surface area contributed by atoms with E-state index in [1.807, 2.05) is 0 Å². The molecule has 1 aliphatic rings. The van der Waals surface area contributed by atoms with Gasteiger partial charge in [-0.2, -0.15) is 0 Å². The molecule has 0 spiro atoms. The van der Waals surface area contributed by atoms with Crippen molar-refractivity contribution in [1.29, 1.82) is 0 Å². The molecule has 1 saturated heterocycles. The highest BCUT2D eigenvalue weighted by atomic mass is 35.5. The maximum Gasteiger partial charge on any atom is 0.151 e. The molecule has 0 radical (unpaired) electrons. The van der Waals surface area contributed by atoms with Crippen molar-refractivity contribution in [3.05, 3.63) is 64.7 Å². The number of nitrogens with zero attached hydrogens (tertiary/aromatic N) is 1. The van der Waals surface area contributed by atoms with Gasteiger partial charge in [0, 0.05) is 24.2 Å². The summed E-state index contributed by atoms with van der Waals surface area (Å²) in [6, 6.07) is 15.3. The van der Waals surface area contributed by atoms with Gasteiger partial charge in [-0.1, -0.05) is 56.6 Å². The fraction of sp³-hybridized carbons (Fsp3) is 0.500. The minimum atomic E-state index is -3.02. The molecular formula is C24H32ClNO4S. The van der Waals surface area contributed by atoms with Gasteiger partial charge < -0.3 is 9.84 Å². The first-order chi connectivity index (χ1) is 14.5.